The second-order valence-electron chi connectivity index (χ2n) is 19.0. The van der Waals surface area contributed by atoms with E-state index < -0.39 is 0 Å². The summed E-state index contributed by atoms with van der Waals surface area (Å²) in [5.41, 5.74) is 0. The second-order valence-corrected chi connectivity index (χ2v) is 34.2. The van der Waals surface area contributed by atoms with Crippen molar-refractivity contribution in [3.63, 3.8) is 0 Å². The van der Waals surface area contributed by atoms with E-state index in [9.17, 15) is 0 Å². The first-order chi connectivity index (χ1) is 36.6. The van der Waals surface area contributed by atoms with E-state index in [0.717, 1.165) is 0 Å². The minimum Gasteiger partial charge on any atom is -0.117 e. The molecule has 0 nitrogen and oxygen atoms in total. The Balaban J connectivity index is 0.997. The Hall–Kier alpha value is -0.740. The molecule has 0 radical (unpaired) electrons. The van der Waals surface area contributed by atoms with Crippen LogP contribution in [0.4, 0.5) is 0 Å². The highest BCUT2D eigenvalue weighted by Gasteiger charge is 2.33. The van der Waals surface area contributed by atoms with Crippen LogP contribution in [0.3, 0.4) is 0 Å². The molecule has 4 aliphatic heterocycles. The van der Waals surface area contributed by atoms with Gasteiger partial charge in [-0.25, -0.2) is 0 Å². The van der Waals surface area contributed by atoms with Crippen molar-refractivity contribution in [2.24, 2.45) is 0 Å². The number of unbranched alkanes of at least 4 members (excludes halogenated alkanes) is 12. The molecule has 0 bridgehead atoms. The molecule has 0 atom stereocenters. The predicted molar refractivity (Wildman–Crippen MR) is 363 cm³/mol. The van der Waals surface area contributed by atoms with E-state index in [2.05, 4.69) is 219 Å². The van der Waals surface area contributed by atoms with Crippen LogP contribution < -0.4 is 20.9 Å². The lowest BCUT2D eigenvalue weighted by Gasteiger charge is -2.13. The van der Waals surface area contributed by atoms with Gasteiger partial charge in [-0.2, -0.15) is 0 Å². The lowest BCUT2D eigenvalue weighted by Crippen LogP contribution is -2.17. The Morgan fingerprint density at radius 3 is 0.649 bits per heavy atom. The van der Waals surface area contributed by atoms with Gasteiger partial charge in [0, 0.05) is 20.9 Å². The third-order valence-electron chi connectivity index (χ3n) is 13.6. The minimum atomic E-state index is 1.21. The van der Waals surface area contributed by atoms with Crippen LogP contribution in [0.15, 0.2) is 122 Å². The van der Waals surface area contributed by atoms with Gasteiger partial charge >= 0.3 is 0 Å². The summed E-state index contributed by atoms with van der Waals surface area (Å²) in [6, 6.07) is 37.3. The van der Waals surface area contributed by atoms with E-state index in [4.69, 9.17) is 0 Å². The molecule has 0 spiro atoms. The third kappa shape index (κ3) is 13.2. The van der Waals surface area contributed by atoms with Gasteiger partial charge in [0.05, 0.1) is 42.4 Å². The van der Waals surface area contributed by atoms with Gasteiger partial charge < -0.3 is 0 Å². The molecule has 0 amide bonds. The summed E-state index contributed by atoms with van der Waals surface area (Å²) in [6.45, 7) is 9.26. The van der Waals surface area contributed by atoms with E-state index in [1.807, 2.05) is 47.0 Å². The number of hydrogen-bond acceptors (Lipinski definition) is 12. The largest absolute Gasteiger partial charge is 0.117 e. The SMILES string of the molecule is CCCCCCSC1=C(SCCCCCC)SC(=c2c3ccccc3c(=C3SC4=C(S3)SC(=c3c5ccccc5c(=C5SC(SCCCCCC)=C(SCCCCCC)S5)c5ccccc35)S4)c3ccccc23)S1. The lowest BCUT2D eigenvalue weighted by atomic mass is 9.99. The standard InChI is InChI=1S/C62H68S12/c1-5-9-13-25-37-63-57-58(64-38-26-14-10-6-2)68-53(67-57)49-41-29-17-21-33-45(41)51(46-34-22-18-30-42(46)49)55-71-61-62(72-55)74-56(73-61)52-47-35-23-19-31-43(47)50(44-32-20-24-36-48(44)52)54-69-59(65-39-27-15-11-7-3)60(70-54)66-40-28-16-12-8-4/h17-24,29-36H,5-16,25-28,37-40H2,1-4H3. The van der Waals surface area contributed by atoms with E-state index in [1.54, 1.807) is 0 Å². The second kappa shape index (κ2) is 28.6. The van der Waals surface area contributed by atoms with Crippen LogP contribution in [-0.2, 0) is 0 Å². The molecule has 0 saturated carbocycles. The molecule has 4 aliphatic rings. The minimum absolute atomic E-state index is 1.21. The van der Waals surface area contributed by atoms with Gasteiger partial charge in [-0.15, -0.1) is 47.0 Å². The molecule has 0 N–H and O–H groups in total. The van der Waals surface area contributed by atoms with E-state index in [0.29, 0.717) is 0 Å². The fourth-order valence-electron chi connectivity index (χ4n) is 9.80. The van der Waals surface area contributed by atoms with Gasteiger partial charge in [0.15, 0.2) is 0 Å². The number of rotatable bonds is 24. The molecule has 0 aromatic heterocycles. The summed E-state index contributed by atoms with van der Waals surface area (Å²) < 4.78 is 14.7. The highest BCUT2D eigenvalue weighted by Crippen LogP contribution is 2.68. The molecule has 74 heavy (non-hydrogen) atoms. The summed E-state index contributed by atoms with van der Waals surface area (Å²) in [4.78, 5) is 0. The van der Waals surface area contributed by atoms with Crippen LogP contribution in [0.25, 0.3) is 60.0 Å². The first kappa shape index (κ1) is 56.5. The maximum Gasteiger partial charge on any atom is 0.0717 e. The van der Waals surface area contributed by atoms with Crippen molar-refractivity contribution in [1.29, 1.82) is 0 Å². The van der Waals surface area contributed by atoms with Gasteiger partial charge in [-0.3, -0.25) is 0 Å². The van der Waals surface area contributed by atoms with E-state index in [-0.39, 0.29) is 0 Å². The zero-order chi connectivity index (χ0) is 50.6. The molecule has 0 unspecified atom stereocenters. The van der Waals surface area contributed by atoms with Crippen molar-refractivity contribution in [2.75, 3.05) is 23.0 Å². The number of benzene rings is 6. The average molecular weight is 1200 g/mol. The smallest absolute Gasteiger partial charge is 0.0717 e. The van der Waals surface area contributed by atoms with Crippen LogP contribution in [0.1, 0.15) is 130 Å². The van der Waals surface area contributed by atoms with Crippen LogP contribution in [-0.4, -0.2) is 23.0 Å². The zero-order valence-corrected chi connectivity index (χ0v) is 53.1. The Morgan fingerprint density at radius 2 is 0.446 bits per heavy atom. The van der Waals surface area contributed by atoms with E-state index in [1.165, 1.54) is 232 Å². The monoisotopic (exact) mass is 1200 g/mol. The maximum absolute atomic E-state index is 2.41. The normalized spacial score (nSPS) is 16.2. The fourth-order valence-corrected chi connectivity index (χ4v) is 28.6. The Morgan fingerprint density at radius 1 is 0.243 bits per heavy atom. The van der Waals surface area contributed by atoms with Crippen molar-refractivity contribution in [2.45, 2.75) is 130 Å². The zero-order valence-electron chi connectivity index (χ0n) is 43.3. The molecule has 0 saturated heterocycles. The Kier molecular flexibility index (Phi) is 21.9. The Labute approximate surface area is 492 Å². The van der Waals surface area contributed by atoms with Gasteiger partial charge in [0.1, 0.15) is 0 Å². The molecule has 6 aromatic carbocycles. The molecule has 4 heterocycles. The number of fused-ring (bicyclic) bond motifs is 4. The molecule has 12 heteroatoms. The molecule has 10 rings (SSSR count). The fraction of sp³-hybridized carbons (Fsp3) is 0.387. The van der Waals surface area contributed by atoms with Crippen molar-refractivity contribution >= 4 is 201 Å². The quantitative estimate of drug-likeness (QED) is 0.0419. The maximum atomic E-state index is 2.41. The summed E-state index contributed by atoms with van der Waals surface area (Å²) in [7, 11) is 0. The lowest BCUT2D eigenvalue weighted by molar-refractivity contribution is 0.707. The highest BCUT2D eigenvalue weighted by molar-refractivity contribution is 8.54. The summed E-state index contributed by atoms with van der Waals surface area (Å²) in [5.74, 6) is 4.84. The van der Waals surface area contributed by atoms with Gasteiger partial charge in [-0.1, -0.05) is 296 Å². The highest BCUT2D eigenvalue weighted by atomic mass is 32.3. The predicted octanol–water partition coefficient (Wildman–Crippen LogP) is 21.8. The van der Waals surface area contributed by atoms with Crippen LogP contribution in [0.5, 0.6) is 0 Å². The van der Waals surface area contributed by atoms with Gasteiger partial charge in [0.2, 0.25) is 0 Å². The number of thioether (sulfide) groups is 12. The molecular formula is C62H68S12. The van der Waals surface area contributed by atoms with Crippen molar-refractivity contribution in [1.82, 2.24) is 0 Å². The van der Waals surface area contributed by atoms with Crippen molar-refractivity contribution in [3.8, 4) is 0 Å². The van der Waals surface area contributed by atoms with E-state index >= 15 is 0 Å². The van der Waals surface area contributed by atoms with Gasteiger partial charge in [-0.05, 0) is 91.8 Å². The van der Waals surface area contributed by atoms with Gasteiger partial charge in [0.25, 0.3) is 0 Å². The Bertz CT molecular complexity index is 2940. The first-order valence-electron chi connectivity index (χ1n) is 27.1. The molecule has 6 aromatic rings. The molecule has 0 fully saturated rings. The van der Waals surface area contributed by atoms with Crippen molar-refractivity contribution < 1.29 is 0 Å². The van der Waals surface area contributed by atoms with Crippen LogP contribution in [0, 0.1) is 0 Å². The topological polar surface area (TPSA) is 0 Å². The first-order valence-corrected chi connectivity index (χ1v) is 37.6. The summed E-state index contributed by atoms with van der Waals surface area (Å²) >= 11 is 24.8. The van der Waals surface area contributed by atoms with Crippen molar-refractivity contribution in [3.05, 3.63) is 143 Å². The molecular weight excluding hydrogens is 1130 g/mol. The number of hydrogen-bond donors (Lipinski definition) is 0. The summed E-state index contributed by atoms with van der Waals surface area (Å²) in [6.07, 6.45) is 21.0. The average Bonchev–Trinajstić information content (AvgIpc) is 4.24. The molecule has 0 aliphatic carbocycles. The molecule has 388 valence electrons. The van der Waals surface area contributed by atoms with Crippen LogP contribution >= 0.6 is 141 Å². The summed E-state index contributed by atoms with van der Waals surface area (Å²) in [5, 5.41) is 16.7. The van der Waals surface area contributed by atoms with Crippen LogP contribution in [0.2, 0.25) is 0 Å². The third-order valence-corrected chi connectivity index (χ3v) is 30.6.